The third kappa shape index (κ3) is 5.62. The van der Waals surface area contributed by atoms with Crippen molar-refractivity contribution >= 4 is 17.2 Å². The summed E-state index contributed by atoms with van der Waals surface area (Å²) in [5, 5.41) is 0. The number of halogens is 2. The number of aromatic nitrogens is 1. The summed E-state index contributed by atoms with van der Waals surface area (Å²) < 4.78 is 29.7. The molecule has 0 bridgehead atoms. The van der Waals surface area contributed by atoms with E-state index < -0.39 is 0 Å². The maximum absolute atomic E-state index is 14.0. The average molecular weight is 563 g/mol. The molecule has 6 heteroatoms. The lowest BCUT2D eigenvalue weighted by molar-refractivity contribution is 0.557. The number of hydrogen-bond acceptors (Lipinski definition) is 3. The van der Waals surface area contributed by atoms with Crippen LogP contribution in [-0.4, -0.2) is 21.8 Å². The molecule has 0 fully saturated rings. The Balaban J connectivity index is 1.64. The molecule has 42 heavy (non-hydrogen) atoms. The molecule has 2 aliphatic rings. The highest BCUT2D eigenvalue weighted by atomic mass is 19.1. The summed E-state index contributed by atoms with van der Waals surface area (Å²) in [5.74, 6) is 0.228. The standard InChI is InChI=1S/C36H36F2N4/c1-7-11-30-31(15-10-16-32(30)34-17-18-42-22-27(38)20-24(4)36(42)40-34)28-13-9-14-29(25(28)5)33(12-8-2)39-35-23(3)19-26(37)21-41(35)6/h8-10,12-17,19-22H,2,7,11,18H2,1,3-6H3/b33-12-,39-35?. The lowest BCUT2D eigenvalue weighted by Gasteiger charge is -2.29. The molecule has 4 nitrogen and oxygen atoms in total. The molecule has 0 unspecified atom stereocenters. The first-order valence-corrected chi connectivity index (χ1v) is 14.3. The van der Waals surface area contributed by atoms with Crippen LogP contribution in [0.25, 0.3) is 22.5 Å². The van der Waals surface area contributed by atoms with Crippen LogP contribution in [0.15, 0.2) is 107 Å². The second-order valence-electron chi connectivity index (χ2n) is 10.8. The summed E-state index contributed by atoms with van der Waals surface area (Å²) in [6.45, 7) is 12.5. The molecule has 2 aromatic carbocycles. The van der Waals surface area contributed by atoms with Gasteiger partial charge in [0.05, 0.1) is 11.4 Å². The number of pyridine rings is 1. The molecule has 0 atom stereocenters. The van der Waals surface area contributed by atoms with Gasteiger partial charge in [0.15, 0.2) is 0 Å². The lowest BCUT2D eigenvalue weighted by atomic mass is 9.87. The number of allylic oxidation sites excluding steroid dienone is 4. The minimum Gasteiger partial charge on any atom is -0.333 e. The van der Waals surface area contributed by atoms with E-state index in [1.807, 2.05) is 24.8 Å². The van der Waals surface area contributed by atoms with Crippen molar-refractivity contribution in [3.8, 4) is 11.1 Å². The Morgan fingerprint density at radius 2 is 1.81 bits per heavy atom. The van der Waals surface area contributed by atoms with Crippen molar-refractivity contribution in [2.75, 3.05) is 6.54 Å². The van der Waals surface area contributed by atoms with Gasteiger partial charge in [0.25, 0.3) is 0 Å². The molecule has 0 saturated carbocycles. The number of benzene rings is 2. The van der Waals surface area contributed by atoms with E-state index in [-0.39, 0.29) is 11.6 Å². The molecule has 0 N–H and O–H groups in total. The molecule has 0 spiro atoms. The molecule has 0 radical (unpaired) electrons. The third-order valence-electron chi connectivity index (χ3n) is 7.68. The summed E-state index contributed by atoms with van der Waals surface area (Å²) in [4.78, 5) is 11.8. The van der Waals surface area contributed by atoms with Crippen LogP contribution in [0.1, 0.15) is 48.1 Å². The van der Waals surface area contributed by atoms with Crippen LogP contribution in [0.3, 0.4) is 0 Å². The normalized spacial score (nSPS) is 15.5. The van der Waals surface area contributed by atoms with Gasteiger partial charge in [-0.2, -0.15) is 0 Å². The Kier molecular flexibility index (Phi) is 8.34. The van der Waals surface area contributed by atoms with Gasteiger partial charge >= 0.3 is 0 Å². The fraction of sp³-hybridized carbons (Fsp3) is 0.222. The fourth-order valence-corrected chi connectivity index (χ4v) is 5.77. The van der Waals surface area contributed by atoms with Crippen LogP contribution in [0.4, 0.5) is 8.78 Å². The number of rotatable bonds is 7. The van der Waals surface area contributed by atoms with E-state index in [0.717, 1.165) is 69.0 Å². The number of aryl methyl sites for hydroxylation is 2. The van der Waals surface area contributed by atoms with Gasteiger partial charge in [-0.1, -0.05) is 62.4 Å². The van der Waals surface area contributed by atoms with Gasteiger partial charge in [-0.3, -0.25) is 0 Å². The Morgan fingerprint density at radius 1 is 1.07 bits per heavy atom. The van der Waals surface area contributed by atoms with E-state index in [1.54, 1.807) is 17.7 Å². The first-order chi connectivity index (χ1) is 20.2. The molecular formula is C36H36F2N4. The van der Waals surface area contributed by atoms with Crippen LogP contribution in [0.5, 0.6) is 0 Å². The van der Waals surface area contributed by atoms with Crippen LogP contribution >= 0.6 is 0 Å². The van der Waals surface area contributed by atoms with Gasteiger partial charge in [-0.15, -0.1) is 0 Å². The van der Waals surface area contributed by atoms with Crippen LogP contribution in [-0.2, 0) is 13.5 Å². The second kappa shape index (κ2) is 12.1. The molecule has 0 aliphatic carbocycles. The van der Waals surface area contributed by atoms with E-state index >= 15 is 0 Å². The van der Waals surface area contributed by atoms with Crippen molar-refractivity contribution in [2.45, 2.75) is 40.5 Å². The molecule has 3 aromatic rings. The van der Waals surface area contributed by atoms with Gasteiger partial charge in [-0.25, -0.2) is 18.8 Å². The maximum Gasteiger partial charge on any atom is 0.139 e. The molecule has 5 rings (SSSR count). The zero-order valence-corrected chi connectivity index (χ0v) is 24.9. The molecular weight excluding hydrogens is 526 g/mol. The molecule has 0 amide bonds. The number of nitrogens with zero attached hydrogens (tertiary/aromatic N) is 4. The Bertz CT molecular complexity index is 1770. The second-order valence-corrected chi connectivity index (χ2v) is 10.8. The topological polar surface area (TPSA) is 32.9 Å². The molecule has 0 saturated heterocycles. The van der Waals surface area contributed by atoms with Gasteiger partial charge in [0.1, 0.15) is 23.0 Å². The maximum atomic E-state index is 14.0. The predicted molar refractivity (Wildman–Crippen MR) is 170 cm³/mol. The highest BCUT2D eigenvalue weighted by Gasteiger charge is 2.23. The van der Waals surface area contributed by atoms with Crippen LogP contribution in [0.2, 0.25) is 0 Å². The van der Waals surface area contributed by atoms with E-state index in [9.17, 15) is 8.78 Å². The van der Waals surface area contributed by atoms with E-state index in [4.69, 9.17) is 9.98 Å². The van der Waals surface area contributed by atoms with Crippen molar-refractivity contribution in [1.29, 1.82) is 0 Å². The number of hydrogen-bond donors (Lipinski definition) is 0. The Labute approximate surface area is 246 Å². The summed E-state index contributed by atoms with van der Waals surface area (Å²) >= 11 is 0. The highest BCUT2D eigenvalue weighted by molar-refractivity contribution is 6.04. The molecule has 3 heterocycles. The SMILES string of the molecule is C=C/C=C(\N=c1c(C)cc(F)cn1C)c1cccc(-c2cccc(C3=CCN4C=C(F)C=C(C)C4=N3)c2CCC)c1C. The van der Waals surface area contributed by atoms with Gasteiger partial charge in [0, 0.05) is 37.1 Å². The monoisotopic (exact) mass is 562 g/mol. The van der Waals surface area contributed by atoms with Crippen molar-refractivity contribution in [2.24, 2.45) is 17.0 Å². The minimum absolute atomic E-state index is 0.257. The third-order valence-corrected chi connectivity index (χ3v) is 7.68. The molecule has 2 aliphatic heterocycles. The first-order valence-electron chi connectivity index (χ1n) is 14.3. The van der Waals surface area contributed by atoms with Gasteiger partial charge in [-0.05, 0) is 84.9 Å². The van der Waals surface area contributed by atoms with E-state index in [2.05, 4.69) is 62.9 Å². The van der Waals surface area contributed by atoms with Crippen molar-refractivity contribution in [3.63, 3.8) is 0 Å². The highest BCUT2D eigenvalue weighted by Crippen LogP contribution is 2.37. The largest absolute Gasteiger partial charge is 0.333 e. The molecule has 214 valence electrons. The number of fused-ring (bicyclic) bond motifs is 1. The van der Waals surface area contributed by atoms with E-state index in [0.29, 0.717) is 12.0 Å². The first kappa shape index (κ1) is 28.9. The van der Waals surface area contributed by atoms with Crippen molar-refractivity contribution in [1.82, 2.24) is 9.47 Å². The molecule has 1 aromatic heterocycles. The van der Waals surface area contributed by atoms with Crippen molar-refractivity contribution < 1.29 is 8.78 Å². The quantitative estimate of drug-likeness (QED) is 0.266. The fourth-order valence-electron chi connectivity index (χ4n) is 5.77. The van der Waals surface area contributed by atoms with Crippen LogP contribution < -0.4 is 5.49 Å². The van der Waals surface area contributed by atoms with Crippen molar-refractivity contribution in [3.05, 3.63) is 136 Å². The Morgan fingerprint density at radius 3 is 2.55 bits per heavy atom. The van der Waals surface area contributed by atoms with Crippen LogP contribution in [0, 0.1) is 19.7 Å². The summed E-state index contributed by atoms with van der Waals surface area (Å²) in [6, 6.07) is 14.2. The smallest absolute Gasteiger partial charge is 0.139 e. The zero-order valence-electron chi connectivity index (χ0n) is 24.9. The predicted octanol–water partition coefficient (Wildman–Crippen LogP) is 8.35. The Hall–Kier alpha value is -4.58. The summed E-state index contributed by atoms with van der Waals surface area (Å²) in [6.07, 6.45) is 12.0. The zero-order chi connectivity index (χ0) is 30.0. The van der Waals surface area contributed by atoms with E-state index in [1.165, 1.54) is 30.1 Å². The lowest BCUT2D eigenvalue weighted by Crippen LogP contribution is -2.31. The summed E-state index contributed by atoms with van der Waals surface area (Å²) in [7, 11) is 1.80. The van der Waals surface area contributed by atoms with Gasteiger partial charge < -0.3 is 9.47 Å². The number of amidine groups is 1. The average Bonchev–Trinajstić information content (AvgIpc) is 2.95. The minimum atomic E-state index is -0.297. The summed E-state index contributed by atoms with van der Waals surface area (Å²) in [5.41, 5.74) is 10.6. The number of aliphatic imine (C=N–C) groups is 1. The van der Waals surface area contributed by atoms with Gasteiger partial charge in [0.2, 0.25) is 0 Å².